The monoisotopic (exact) mass is 247 g/mol. The number of aliphatic hydroxyl groups is 1. The van der Waals surface area contributed by atoms with Crippen molar-refractivity contribution in [3.05, 3.63) is 35.4 Å². The lowest BCUT2D eigenvalue weighted by Gasteiger charge is -2.37. The lowest BCUT2D eigenvalue weighted by atomic mass is 9.69. The van der Waals surface area contributed by atoms with Gasteiger partial charge in [-0.05, 0) is 37.8 Å². The highest BCUT2D eigenvalue weighted by molar-refractivity contribution is 5.33. The molecule has 0 heterocycles. The highest BCUT2D eigenvalue weighted by Gasteiger charge is 2.33. The Labute approximate surface area is 110 Å². The first-order chi connectivity index (χ1) is 8.48. The van der Waals surface area contributed by atoms with Crippen molar-refractivity contribution in [1.29, 1.82) is 0 Å². The van der Waals surface area contributed by atoms with Crippen LogP contribution in [0.5, 0.6) is 0 Å². The van der Waals surface area contributed by atoms with Gasteiger partial charge in [-0.3, -0.25) is 0 Å². The van der Waals surface area contributed by atoms with E-state index in [-0.39, 0.29) is 5.41 Å². The fourth-order valence-corrected chi connectivity index (χ4v) is 3.07. The van der Waals surface area contributed by atoms with Gasteiger partial charge in [-0.1, -0.05) is 43.5 Å². The predicted octanol–water partition coefficient (Wildman–Crippen LogP) is 3.07. The number of nitrogens with two attached hydrogens (primary N) is 1. The molecule has 100 valence electrons. The van der Waals surface area contributed by atoms with Crippen LogP contribution in [0.25, 0.3) is 0 Å². The second kappa shape index (κ2) is 5.02. The van der Waals surface area contributed by atoms with Gasteiger partial charge < -0.3 is 10.8 Å². The Morgan fingerprint density at radius 3 is 2.44 bits per heavy atom. The fraction of sp³-hybridized carbons (Fsp3) is 0.625. The Morgan fingerprint density at radius 1 is 1.22 bits per heavy atom. The van der Waals surface area contributed by atoms with Crippen LogP contribution in [-0.2, 0) is 11.0 Å². The molecule has 3 N–H and O–H groups in total. The highest BCUT2D eigenvalue weighted by atomic mass is 16.3. The summed E-state index contributed by atoms with van der Waals surface area (Å²) in [4.78, 5) is 0. The summed E-state index contributed by atoms with van der Waals surface area (Å²) >= 11 is 0. The zero-order chi connectivity index (χ0) is 13.2. The zero-order valence-corrected chi connectivity index (χ0v) is 11.6. The highest BCUT2D eigenvalue weighted by Crippen LogP contribution is 2.39. The Morgan fingerprint density at radius 2 is 1.89 bits per heavy atom. The van der Waals surface area contributed by atoms with Crippen LogP contribution in [0.3, 0.4) is 0 Å². The summed E-state index contributed by atoms with van der Waals surface area (Å²) in [7, 11) is 0. The molecule has 0 bridgehead atoms. The van der Waals surface area contributed by atoms with E-state index in [9.17, 15) is 5.11 Å². The number of rotatable bonds is 3. The largest absolute Gasteiger partial charge is 0.386 e. The maximum atomic E-state index is 10.1. The van der Waals surface area contributed by atoms with E-state index >= 15 is 0 Å². The molecule has 1 fully saturated rings. The van der Waals surface area contributed by atoms with E-state index < -0.39 is 5.60 Å². The minimum Gasteiger partial charge on any atom is -0.386 e. The summed E-state index contributed by atoms with van der Waals surface area (Å²) in [5.41, 5.74) is 7.72. The predicted molar refractivity (Wildman–Crippen MR) is 75.5 cm³/mol. The van der Waals surface area contributed by atoms with E-state index in [1.807, 2.05) is 19.9 Å². The molecule has 2 heteroatoms. The quantitative estimate of drug-likeness (QED) is 0.862. The van der Waals surface area contributed by atoms with E-state index in [0.29, 0.717) is 6.54 Å². The summed E-state index contributed by atoms with van der Waals surface area (Å²) in [6, 6.07) is 8.37. The van der Waals surface area contributed by atoms with Crippen LogP contribution in [0, 0.1) is 0 Å². The van der Waals surface area contributed by atoms with Gasteiger partial charge in [0.05, 0.1) is 5.60 Å². The van der Waals surface area contributed by atoms with Crippen LogP contribution in [0.2, 0.25) is 0 Å². The van der Waals surface area contributed by atoms with Crippen molar-refractivity contribution in [1.82, 2.24) is 0 Å². The van der Waals surface area contributed by atoms with Crippen LogP contribution in [0.1, 0.15) is 57.1 Å². The molecular formula is C16H25NO. The van der Waals surface area contributed by atoms with Gasteiger partial charge in [0, 0.05) is 12.0 Å². The van der Waals surface area contributed by atoms with Crippen molar-refractivity contribution in [2.75, 3.05) is 6.54 Å². The van der Waals surface area contributed by atoms with Crippen LogP contribution >= 0.6 is 0 Å². The molecule has 0 radical (unpaired) electrons. The average molecular weight is 247 g/mol. The SMILES string of the molecule is CC(C)(O)c1cccc(C2(CN)CCCCC2)c1. The topological polar surface area (TPSA) is 46.2 Å². The summed E-state index contributed by atoms with van der Waals surface area (Å²) in [5, 5.41) is 10.1. The molecule has 0 spiro atoms. The maximum Gasteiger partial charge on any atom is 0.0840 e. The Kier molecular flexibility index (Phi) is 3.79. The second-order valence-electron chi connectivity index (χ2n) is 6.18. The summed E-state index contributed by atoms with van der Waals surface area (Å²) in [6.07, 6.45) is 6.22. The van der Waals surface area contributed by atoms with E-state index in [4.69, 9.17) is 5.73 Å². The number of benzene rings is 1. The van der Waals surface area contributed by atoms with Crippen molar-refractivity contribution < 1.29 is 5.11 Å². The first-order valence-electron chi connectivity index (χ1n) is 7.01. The normalized spacial score (nSPS) is 19.8. The summed E-state index contributed by atoms with van der Waals surface area (Å²) in [5.74, 6) is 0. The fourth-order valence-electron chi connectivity index (χ4n) is 3.07. The van der Waals surface area contributed by atoms with Crippen molar-refractivity contribution >= 4 is 0 Å². The Balaban J connectivity index is 2.37. The molecule has 1 saturated carbocycles. The molecule has 0 atom stereocenters. The minimum atomic E-state index is -0.777. The number of hydrogen-bond donors (Lipinski definition) is 2. The lowest BCUT2D eigenvalue weighted by Crippen LogP contribution is -2.37. The van der Waals surface area contributed by atoms with Crippen LogP contribution in [-0.4, -0.2) is 11.7 Å². The van der Waals surface area contributed by atoms with Crippen molar-refractivity contribution in [2.24, 2.45) is 5.73 Å². The van der Waals surface area contributed by atoms with Crippen LogP contribution in [0.4, 0.5) is 0 Å². The molecule has 0 aromatic heterocycles. The third kappa shape index (κ3) is 2.60. The second-order valence-corrected chi connectivity index (χ2v) is 6.18. The van der Waals surface area contributed by atoms with Crippen molar-refractivity contribution in [2.45, 2.75) is 57.0 Å². The molecule has 18 heavy (non-hydrogen) atoms. The molecule has 0 amide bonds. The van der Waals surface area contributed by atoms with Gasteiger partial charge in [-0.25, -0.2) is 0 Å². The van der Waals surface area contributed by atoms with Crippen molar-refractivity contribution in [3.8, 4) is 0 Å². The first kappa shape index (κ1) is 13.6. The van der Waals surface area contributed by atoms with Gasteiger partial charge in [0.25, 0.3) is 0 Å². The van der Waals surface area contributed by atoms with Crippen LogP contribution < -0.4 is 5.73 Å². The molecule has 0 unspecified atom stereocenters. The molecular weight excluding hydrogens is 222 g/mol. The Hall–Kier alpha value is -0.860. The average Bonchev–Trinajstić information content (AvgIpc) is 2.39. The van der Waals surface area contributed by atoms with Gasteiger partial charge in [-0.2, -0.15) is 0 Å². The number of hydrogen-bond acceptors (Lipinski definition) is 2. The third-order valence-electron chi connectivity index (χ3n) is 4.38. The van der Waals surface area contributed by atoms with Gasteiger partial charge in [0.15, 0.2) is 0 Å². The van der Waals surface area contributed by atoms with Gasteiger partial charge in [-0.15, -0.1) is 0 Å². The van der Waals surface area contributed by atoms with E-state index in [1.165, 1.54) is 37.7 Å². The van der Waals surface area contributed by atoms with Crippen molar-refractivity contribution in [3.63, 3.8) is 0 Å². The molecule has 1 aromatic rings. The summed E-state index contributed by atoms with van der Waals surface area (Å²) < 4.78 is 0. The zero-order valence-electron chi connectivity index (χ0n) is 11.6. The third-order valence-corrected chi connectivity index (χ3v) is 4.38. The van der Waals surface area contributed by atoms with Gasteiger partial charge in [0.1, 0.15) is 0 Å². The van der Waals surface area contributed by atoms with Gasteiger partial charge in [0.2, 0.25) is 0 Å². The standard InChI is InChI=1S/C16H25NO/c1-15(2,18)13-7-6-8-14(11-13)16(12-17)9-4-3-5-10-16/h6-8,11,18H,3-5,9-10,12,17H2,1-2H3. The molecule has 2 nitrogen and oxygen atoms in total. The van der Waals surface area contributed by atoms with Crippen LogP contribution in [0.15, 0.2) is 24.3 Å². The first-order valence-corrected chi connectivity index (χ1v) is 7.01. The molecule has 1 aliphatic carbocycles. The minimum absolute atomic E-state index is 0.138. The lowest BCUT2D eigenvalue weighted by molar-refractivity contribution is 0.0783. The van der Waals surface area contributed by atoms with E-state index in [2.05, 4.69) is 18.2 Å². The summed E-state index contributed by atoms with van der Waals surface area (Å²) in [6.45, 7) is 4.38. The Bertz CT molecular complexity index is 400. The molecule has 1 aromatic carbocycles. The smallest absolute Gasteiger partial charge is 0.0840 e. The maximum absolute atomic E-state index is 10.1. The molecule has 0 aliphatic heterocycles. The van der Waals surface area contributed by atoms with E-state index in [0.717, 1.165) is 5.56 Å². The van der Waals surface area contributed by atoms with Gasteiger partial charge >= 0.3 is 0 Å². The molecule has 1 aliphatic rings. The molecule has 2 rings (SSSR count). The molecule has 0 saturated heterocycles. The van der Waals surface area contributed by atoms with E-state index in [1.54, 1.807) is 0 Å².